The fraction of sp³-hybridized carbons (Fsp3) is 0.308. The molecule has 0 saturated heterocycles. The van der Waals surface area contributed by atoms with E-state index in [1.807, 2.05) is 12.3 Å². The molecule has 114 valence electrons. The number of nitrogens with one attached hydrogen (secondary N) is 1. The zero-order chi connectivity index (χ0) is 15.5. The Morgan fingerprint density at radius 3 is 2.76 bits per heavy atom. The molecular formula is C13H16N2O4S2. The monoisotopic (exact) mass is 328 g/mol. The van der Waals surface area contributed by atoms with Crippen molar-refractivity contribution in [2.24, 2.45) is 0 Å². The van der Waals surface area contributed by atoms with E-state index in [0.717, 1.165) is 5.69 Å². The van der Waals surface area contributed by atoms with Gasteiger partial charge in [0.15, 0.2) is 0 Å². The van der Waals surface area contributed by atoms with Gasteiger partial charge < -0.3 is 9.84 Å². The number of hydrogen-bond donors (Lipinski definition) is 2. The van der Waals surface area contributed by atoms with Crippen LogP contribution in [0, 0.1) is 6.92 Å². The van der Waals surface area contributed by atoms with E-state index in [1.54, 1.807) is 0 Å². The van der Waals surface area contributed by atoms with E-state index in [4.69, 9.17) is 4.74 Å². The SMILES string of the molecule is COc1ccc(S(=O)(=O)NCc2nc(C)cs2)cc1CO. The van der Waals surface area contributed by atoms with Crippen LogP contribution >= 0.6 is 11.3 Å². The third kappa shape index (κ3) is 3.79. The lowest BCUT2D eigenvalue weighted by Gasteiger charge is -2.10. The van der Waals surface area contributed by atoms with Crippen molar-refractivity contribution in [3.63, 3.8) is 0 Å². The van der Waals surface area contributed by atoms with E-state index in [1.165, 1.54) is 36.6 Å². The Balaban J connectivity index is 2.19. The maximum Gasteiger partial charge on any atom is 0.240 e. The summed E-state index contributed by atoms with van der Waals surface area (Å²) in [4.78, 5) is 4.28. The molecule has 0 bridgehead atoms. The van der Waals surface area contributed by atoms with Crippen molar-refractivity contribution in [1.29, 1.82) is 0 Å². The topological polar surface area (TPSA) is 88.5 Å². The van der Waals surface area contributed by atoms with Gasteiger partial charge in [-0.2, -0.15) is 0 Å². The van der Waals surface area contributed by atoms with Crippen LogP contribution in [0.2, 0.25) is 0 Å². The molecule has 2 aromatic rings. The minimum Gasteiger partial charge on any atom is -0.496 e. The first-order chi connectivity index (χ1) is 9.96. The Morgan fingerprint density at radius 1 is 1.43 bits per heavy atom. The van der Waals surface area contributed by atoms with Gasteiger partial charge in [-0.25, -0.2) is 18.1 Å². The number of sulfonamides is 1. The van der Waals surface area contributed by atoms with E-state index in [2.05, 4.69) is 9.71 Å². The Hall–Kier alpha value is -1.48. The van der Waals surface area contributed by atoms with Crippen molar-refractivity contribution in [2.45, 2.75) is 25.0 Å². The number of rotatable bonds is 6. The molecule has 1 aromatic heterocycles. The van der Waals surface area contributed by atoms with Gasteiger partial charge in [0.25, 0.3) is 0 Å². The first kappa shape index (κ1) is 15.9. The number of methoxy groups -OCH3 is 1. The molecule has 0 radical (unpaired) electrons. The summed E-state index contributed by atoms with van der Waals surface area (Å²) in [6, 6.07) is 4.36. The first-order valence-corrected chi connectivity index (χ1v) is 8.51. The lowest BCUT2D eigenvalue weighted by Crippen LogP contribution is -2.23. The molecule has 0 saturated carbocycles. The smallest absolute Gasteiger partial charge is 0.240 e. The van der Waals surface area contributed by atoms with Crippen LogP contribution in [0.1, 0.15) is 16.3 Å². The lowest BCUT2D eigenvalue weighted by molar-refractivity contribution is 0.273. The fourth-order valence-electron chi connectivity index (χ4n) is 1.77. The minimum absolute atomic E-state index is 0.0839. The average molecular weight is 328 g/mol. The highest BCUT2D eigenvalue weighted by molar-refractivity contribution is 7.89. The molecule has 0 aliphatic rings. The second kappa shape index (κ2) is 6.52. The van der Waals surface area contributed by atoms with Crippen molar-refractivity contribution in [3.8, 4) is 5.75 Å². The van der Waals surface area contributed by atoms with Crippen LogP contribution in [0.4, 0.5) is 0 Å². The van der Waals surface area contributed by atoms with Crippen molar-refractivity contribution >= 4 is 21.4 Å². The number of aliphatic hydroxyl groups excluding tert-OH is 1. The number of hydrogen-bond acceptors (Lipinski definition) is 6. The fourth-order valence-corrected chi connectivity index (χ4v) is 3.61. The lowest BCUT2D eigenvalue weighted by atomic mass is 10.2. The van der Waals surface area contributed by atoms with Crippen molar-refractivity contribution in [1.82, 2.24) is 9.71 Å². The summed E-state index contributed by atoms with van der Waals surface area (Å²) in [5, 5.41) is 11.8. The molecule has 0 aliphatic carbocycles. The zero-order valence-electron chi connectivity index (χ0n) is 11.7. The van der Waals surface area contributed by atoms with Crippen LogP contribution in [0.15, 0.2) is 28.5 Å². The van der Waals surface area contributed by atoms with Crippen molar-refractivity contribution < 1.29 is 18.3 Å². The standard InChI is InChI=1S/C13H16N2O4S2/c1-9-8-20-13(15-9)6-14-21(17,18)11-3-4-12(19-2)10(5-11)7-16/h3-5,8,14,16H,6-7H2,1-2H3. The van der Waals surface area contributed by atoms with Gasteiger partial charge in [-0.1, -0.05) is 0 Å². The molecule has 6 nitrogen and oxygen atoms in total. The number of aryl methyl sites for hydroxylation is 1. The molecule has 0 unspecified atom stereocenters. The number of thiazole rings is 1. The van der Waals surface area contributed by atoms with Gasteiger partial charge in [0.05, 0.1) is 25.2 Å². The van der Waals surface area contributed by atoms with Gasteiger partial charge in [0, 0.05) is 16.6 Å². The van der Waals surface area contributed by atoms with E-state index in [0.29, 0.717) is 16.3 Å². The highest BCUT2D eigenvalue weighted by Gasteiger charge is 2.16. The summed E-state index contributed by atoms with van der Waals surface area (Å²) in [6.07, 6.45) is 0. The van der Waals surface area contributed by atoms with Crippen LogP contribution in [0.3, 0.4) is 0 Å². The highest BCUT2D eigenvalue weighted by atomic mass is 32.2. The minimum atomic E-state index is -3.66. The van der Waals surface area contributed by atoms with E-state index < -0.39 is 10.0 Å². The third-order valence-electron chi connectivity index (χ3n) is 2.81. The molecule has 0 fully saturated rings. The molecule has 8 heteroatoms. The number of benzene rings is 1. The van der Waals surface area contributed by atoms with Gasteiger partial charge in [-0.05, 0) is 25.1 Å². The highest BCUT2D eigenvalue weighted by Crippen LogP contribution is 2.22. The van der Waals surface area contributed by atoms with Crippen molar-refractivity contribution in [2.75, 3.05) is 7.11 Å². The Kier molecular flexibility index (Phi) is 4.94. The number of ether oxygens (including phenoxy) is 1. The van der Waals surface area contributed by atoms with Gasteiger partial charge in [-0.15, -0.1) is 11.3 Å². The zero-order valence-corrected chi connectivity index (χ0v) is 13.3. The van der Waals surface area contributed by atoms with Crippen LogP contribution in [-0.2, 0) is 23.2 Å². The number of nitrogens with zero attached hydrogens (tertiary/aromatic N) is 1. The van der Waals surface area contributed by atoms with Crippen LogP contribution in [0.25, 0.3) is 0 Å². The summed E-state index contributed by atoms with van der Waals surface area (Å²) in [7, 11) is -2.19. The van der Waals surface area contributed by atoms with E-state index in [-0.39, 0.29) is 18.0 Å². The normalized spacial score (nSPS) is 11.6. The van der Waals surface area contributed by atoms with Gasteiger partial charge in [0.1, 0.15) is 10.8 Å². The molecule has 2 rings (SSSR count). The Bertz CT molecular complexity index is 726. The average Bonchev–Trinajstić information content (AvgIpc) is 2.90. The van der Waals surface area contributed by atoms with Crippen LogP contribution in [0.5, 0.6) is 5.75 Å². The predicted octanol–water partition coefficient (Wildman–Crippen LogP) is 1.43. The summed E-state index contributed by atoms with van der Waals surface area (Å²) >= 11 is 1.40. The molecule has 0 amide bonds. The van der Waals surface area contributed by atoms with E-state index in [9.17, 15) is 13.5 Å². The summed E-state index contributed by atoms with van der Waals surface area (Å²) in [5.74, 6) is 0.451. The maximum atomic E-state index is 12.2. The molecule has 21 heavy (non-hydrogen) atoms. The van der Waals surface area contributed by atoms with Gasteiger partial charge >= 0.3 is 0 Å². The maximum absolute atomic E-state index is 12.2. The largest absolute Gasteiger partial charge is 0.496 e. The van der Waals surface area contributed by atoms with Crippen LogP contribution < -0.4 is 9.46 Å². The summed E-state index contributed by atoms with van der Waals surface area (Å²) < 4.78 is 32.0. The van der Waals surface area contributed by atoms with Gasteiger partial charge in [-0.3, -0.25) is 0 Å². The molecule has 1 aromatic carbocycles. The second-order valence-corrected chi connectivity index (χ2v) is 7.05. The summed E-state index contributed by atoms with van der Waals surface area (Å²) in [5.41, 5.74) is 1.28. The van der Waals surface area contributed by atoms with E-state index >= 15 is 0 Å². The Labute approximate surface area is 127 Å². The molecule has 0 spiro atoms. The molecule has 0 aliphatic heterocycles. The molecule has 1 heterocycles. The first-order valence-electron chi connectivity index (χ1n) is 6.14. The number of aliphatic hydroxyl groups is 1. The molecular weight excluding hydrogens is 312 g/mol. The third-order valence-corrected chi connectivity index (χ3v) is 5.18. The summed E-state index contributed by atoms with van der Waals surface area (Å²) in [6.45, 7) is 1.70. The van der Waals surface area contributed by atoms with Gasteiger partial charge in [0.2, 0.25) is 10.0 Å². The quantitative estimate of drug-likeness (QED) is 0.837. The predicted molar refractivity (Wildman–Crippen MR) is 79.8 cm³/mol. The molecule has 2 N–H and O–H groups in total. The Morgan fingerprint density at radius 2 is 2.19 bits per heavy atom. The van der Waals surface area contributed by atoms with Crippen LogP contribution in [-0.4, -0.2) is 25.6 Å². The van der Waals surface area contributed by atoms with Crippen molar-refractivity contribution in [3.05, 3.63) is 39.8 Å². The molecule has 0 atom stereocenters. The second-order valence-electron chi connectivity index (χ2n) is 4.34. The number of aromatic nitrogens is 1.